The maximum Gasteiger partial charge on any atom is 0.159 e. The van der Waals surface area contributed by atoms with E-state index in [0.717, 1.165) is 11.3 Å². The number of carbonyl (C=O) groups is 1. The van der Waals surface area contributed by atoms with Crippen molar-refractivity contribution in [3.63, 3.8) is 0 Å². The summed E-state index contributed by atoms with van der Waals surface area (Å²) in [5, 5.41) is 3.18. The summed E-state index contributed by atoms with van der Waals surface area (Å²) >= 11 is 0. The zero-order valence-corrected chi connectivity index (χ0v) is 10.1. The predicted octanol–water partition coefficient (Wildman–Crippen LogP) is 3.64. The van der Waals surface area contributed by atoms with Gasteiger partial charge in [0, 0.05) is 17.8 Å². The van der Waals surface area contributed by atoms with Crippen LogP contribution in [0.2, 0.25) is 0 Å². The van der Waals surface area contributed by atoms with Gasteiger partial charge >= 0.3 is 0 Å². The summed E-state index contributed by atoms with van der Waals surface area (Å²) < 4.78 is 13.0. The van der Waals surface area contributed by atoms with Gasteiger partial charge in [-0.25, -0.2) is 4.39 Å². The molecule has 0 aliphatic rings. The number of rotatable bonds is 4. The van der Waals surface area contributed by atoms with Crippen molar-refractivity contribution in [2.45, 2.75) is 13.5 Å². The third kappa shape index (κ3) is 3.17. The molecule has 0 heterocycles. The van der Waals surface area contributed by atoms with Crippen molar-refractivity contribution >= 4 is 11.5 Å². The zero-order chi connectivity index (χ0) is 13.0. The Hall–Kier alpha value is -2.16. The van der Waals surface area contributed by atoms with E-state index >= 15 is 0 Å². The first-order valence-electron chi connectivity index (χ1n) is 5.74. The number of Topliss-reactive ketones (excluding diaryl/α,β-unsaturated/α-hetero) is 1. The van der Waals surface area contributed by atoms with Gasteiger partial charge in [-0.1, -0.05) is 12.1 Å². The Labute approximate surface area is 105 Å². The number of ketones is 1. The second-order valence-electron chi connectivity index (χ2n) is 4.12. The Balaban J connectivity index is 2.00. The van der Waals surface area contributed by atoms with Gasteiger partial charge in [-0.2, -0.15) is 0 Å². The minimum Gasteiger partial charge on any atom is -0.381 e. The molecule has 0 bridgehead atoms. The lowest BCUT2D eigenvalue weighted by molar-refractivity contribution is 0.101. The highest BCUT2D eigenvalue weighted by Gasteiger charge is 1.99. The minimum absolute atomic E-state index is 0.0479. The number of anilines is 1. The quantitative estimate of drug-likeness (QED) is 0.830. The van der Waals surface area contributed by atoms with Crippen molar-refractivity contribution < 1.29 is 9.18 Å². The Morgan fingerprint density at radius 2 is 1.89 bits per heavy atom. The molecule has 0 aromatic heterocycles. The van der Waals surface area contributed by atoms with Gasteiger partial charge in [0.05, 0.1) is 0 Å². The van der Waals surface area contributed by atoms with Crippen LogP contribution in [0.25, 0.3) is 0 Å². The van der Waals surface area contributed by atoms with Gasteiger partial charge in [0.25, 0.3) is 0 Å². The van der Waals surface area contributed by atoms with E-state index < -0.39 is 0 Å². The van der Waals surface area contributed by atoms with Gasteiger partial charge < -0.3 is 5.32 Å². The smallest absolute Gasteiger partial charge is 0.159 e. The standard InChI is InChI=1S/C15H14FNO/c1-11(18)13-5-7-15(8-6-13)17-10-12-3-2-4-14(16)9-12/h2-9,17H,10H2,1H3. The third-order valence-corrected chi connectivity index (χ3v) is 2.68. The van der Waals surface area contributed by atoms with Crippen LogP contribution in [-0.2, 0) is 6.54 Å². The fourth-order valence-electron chi connectivity index (χ4n) is 1.67. The van der Waals surface area contributed by atoms with Crippen LogP contribution in [-0.4, -0.2) is 5.78 Å². The van der Waals surface area contributed by atoms with Crippen LogP contribution >= 0.6 is 0 Å². The molecular formula is C15H14FNO. The summed E-state index contributed by atoms with van der Waals surface area (Å²) in [5.41, 5.74) is 2.47. The molecule has 1 N–H and O–H groups in total. The normalized spacial score (nSPS) is 10.1. The van der Waals surface area contributed by atoms with E-state index in [1.54, 1.807) is 18.2 Å². The van der Waals surface area contributed by atoms with E-state index in [-0.39, 0.29) is 11.6 Å². The lowest BCUT2D eigenvalue weighted by atomic mass is 10.1. The molecule has 0 unspecified atom stereocenters. The summed E-state index contributed by atoms with van der Waals surface area (Å²) in [6, 6.07) is 13.7. The fraction of sp³-hybridized carbons (Fsp3) is 0.133. The number of hydrogen-bond acceptors (Lipinski definition) is 2. The first kappa shape index (κ1) is 12.3. The third-order valence-electron chi connectivity index (χ3n) is 2.68. The van der Waals surface area contributed by atoms with Gasteiger partial charge in [0.1, 0.15) is 5.82 Å². The average Bonchev–Trinajstić information content (AvgIpc) is 2.37. The number of carbonyl (C=O) groups excluding carboxylic acids is 1. The van der Waals surface area contributed by atoms with Crippen molar-refractivity contribution in [2.75, 3.05) is 5.32 Å². The Kier molecular flexibility index (Phi) is 3.72. The summed E-state index contributed by atoms with van der Waals surface area (Å²) in [6.45, 7) is 2.09. The van der Waals surface area contributed by atoms with E-state index in [9.17, 15) is 9.18 Å². The van der Waals surface area contributed by atoms with Crippen LogP contribution in [0.1, 0.15) is 22.8 Å². The van der Waals surface area contributed by atoms with Crippen molar-refractivity contribution in [1.29, 1.82) is 0 Å². The Morgan fingerprint density at radius 3 is 2.50 bits per heavy atom. The molecule has 2 aromatic carbocycles. The van der Waals surface area contributed by atoms with E-state index in [1.807, 2.05) is 18.2 Å². The number of halogens is 1. The fourth-order valence-corrected chi connectivity index (χ4v) is 1.67. The van der Waals surface area contributed by atoms with Crippen LogP contribution in [0.4, 0.5) is 10.1 Å². The molecule has 0 aliphatic heterocycles. The van der Waals surface area contributed by atoms with Gasteiger partial charge in [0.2, 0.25) is 0 Å². The topological polar surface area (TPSA) is 29.1 Å². The van der Waals surface area contributed by atoms with Crippen LogP contribution in [0, 0.1) is 5.82 Å². The molecule has 0 atom stereocenters. The van der Waals surface area contributed by atoms with Gasteiger partial charge in [0.15, 0.2) is 5.78 Å². The maximum absolute atomic E-state index is 13.0. The molecule has 0 saturated carbocycles. The van der Waals surface area contributed by atoms with E-state index in [1.165, 1.54) is 19.1 Å². The molecule has 2 nitrogen and oxygen atoms in total. The van der Waals surface area contributed by atoms with Crippen molar-refractivity contribution in [1.82, 2.24) is 0 Å². The number of nitrogens with one attached hydrogen (secondary N) is 1. The SMILES string of the molecule is CC(=O)c1ccc(NCc2cccc(F)c2)cc1. The van der Waals surface area contributed by atoms with E-state index in [0.29, 0.717) is 12.1 Å². The first-order chi connectivity index (χ1) is 8.65. The second kappa shape index (κ2) is 5.45. The monoisotopic (exact) mass is 243 g/mol. The van der Waals surface area contributed by atoms with Gasteiger partial charge in [-0.15, -0.1) is 0 Å². The van der Waals surface area contributed by atoms with E-state index in [2.05, 4.69) is 5.32 Å². The highest BCUT2D eigenvalue weighted by Crippen LogP contribution is 2.12. The van der Waals surface area contributed by atoms with Gasteiger partial charge in [-0.3, -0.25) is 4.79 Å². The van der Waals surface area contributed by atoms with Crippen LogP contribution in [0.15, 0.2) is 48.5 Å². The molecule has 0 amide bonds. The molecule has 0 spiro atoms. The van der Waals surface area contributed by atoms with Crippen LogP contribution in [0.5, 0.6) is 0 Å². The largest absolute Gasteiger partial charge is 0.381 e. The molecule has 0 saturated heterocycles. The summed E-state index contributed by atoms with van der Waals surface area (Å²) in [4.78, 5) is 11.1. The molecule has 18 heavy (non-hydrogen) atoms. The first-order valence-corrected chi connectivity index (χ1v) is 5.74. The minimum atomic E-state index is -0.235. The van der Waals surface area contributed by atoms with E-state index in [4.69, 9.17) is 0 Å². The number of hydrogen-bond donors (Lipinski definition) is 1. The van der Waals surface area contributed by atoms with Crippen LogP contribution in [0.3, 0.4) is 0 Å². The maximum atomic E-state index is 13.0. The molecular weight excluding hydrogens is 229 g/mol. The van der Waals surface area contributed by atoms with Crippen molar-refractivity contribution in [2.24, 2.45) is 0 Å². The predicted molar refractivity (Wildman–Crippen MR) is 70.2 cm³/mol. The second-order valence-corrected chi connectivity index (χ2v) is 4.12. The highest BCUT2D eigenvalue weighted by molar-refractivity contribution is 5.94. The van der Waals surface area contributed by atoms with Crippen molar-refractivity contribution in [3.8, 4) is 0 Å². The zero-order valence-electron chi connectivity index (χ0n) is 10.1. The lowest BCUT2D eigenvalue weighted by Crippen LogP contribution is -2.00. The van der Waals surface area contributed by atoms with Gasteiger partial charge in [-0.05, 0) is 48.9 Å². The average molecular weight is 243 g/mol. The molecule has 0 radical (unpaired) electrons. The summed E-state index contributed by atoms with van der Waals surface area (Å²) in [5.74, 6) is -0.187. The number of benzene rings is 2. The van der Waals surface area contributed by atoms with Crippen molar-refractivity contribution in [3.05, 3.63) is 65.5 Å². The van der Waals surface area contributed by atoms with Crippen LogP contribution < -0.4 is 5.32 Å². The molecule has 2 rings (SSSR count). The highest BCUT2D eigenvalue weighted by atomic mass is 19.1. The molecule has 3 heteroatoms. The summed E-state index contributed by atoms with van der Waals surface area (Å²) in [7, 11) is 0. The Morgan fingerprint density at radius 1 is 1.17 bits per heavy atom. The Bertz CT molecular complexity index is 549. The molecule has 2 aromatic rings. The lowest BCUT2D eigenvalue weighted by Gasteiger charge is -2.07. The molecule has 0 aliphatic carbocycles. The molecule has 0 fully saturated rings. The molecule has 92 valence electrons. The summed E-state index contributed by atoms with van der Waals surface area (Å²) in [6.07, 6.45) is 0.